The highest BCUT2D eigenvalue weighted by Gasteiger charge is 2.24. The molecule has 0 spiro atoms. The topological polar surface area (TPSA) is 61.5 Å². The number of piperidine rings is 1. The van der Waals surface area contributed by atoms with Crippen LogP contribution in [0.15, 0.2) is 29.1 Å². The SMILES string of the molecule is O=c1cc(C2CCN(Cc3cc(F)cc(F)c3)CC2)nc(N2CCOCC2)[nH]1. The molecule has 150 valence electrons. The number of benzene rings is 1. The van der Waals surface area contributed by atoms with Crippen LogP contribution in [0.4, 0.5) is 14.7 Å². The van der Waals surface area contributed by atoms with Crippen LogP contribution >= 0.6 is 0 Å². The molecule has 0 amide bonds. The van der Waals surface area contributed by atoms with E-state index >= 15 is 0 Å². The number of morpholine rings is 1. The molecule has 8 heteroatoms. The molecular weight excluding hydrogens is 366 g/mol. The lowest BCUT2D eigenvalue weighted by Gasteiger charge is -2.32. The lowest BCUT2D eigenvalue weighted by Crippen LogP contribution is -2.39. The summed E-state index contributed by atoms with van der Waals surface area (Å²) in [5, 5.41) is 0. The predicted molar refractivity (Wildman–Crippen MR) is 101 cm³/mol. The van der Waals surface area contributed by atoms with E-state index in [0.717, 1.165) is 50.8 Å². The van der Waals surface area contributed by atoms with E-state index in [4.69, 9.17) is 9.72 Å². The number of hydrogen-bond donors (Lipinski definition) is 1. The molecule has 1 N–H and O–H groups in total. The summed E-state index contributed by atoms with van der Waals surface area (Å²) < 4.78 is 32.1. The van der Waals surface area contributed by atoms with Gasteiger partial charge in [0.2, 0.25) is 5.95 Å². The summed E-state index contributed by atoms with van der Waals surface area (Å²) in [5.74, 6) is -0.271. The van der Waals surface area contributed by atoms with Crippen LogP contribution in [0.2, 0.25) is 0 Å². The third-order valence-electron chi connectivity index (χ3n) is 5.39. The minimum Gasteiger partial charge on any atom is -0.378 e. The fourth-order valence-electron chi connectivity index (χ4n) is 3.94. The first-order chi connectivity index (χ1) is 13.6. The molecule has 3 heterocycles. The van der Waals surface area contributed by atoms with Gasteiger partial charge in [0, 0.05) is 37.7 Å². The molecule has 0 unspecified atom stereocenters. The van der Waals surface area contributed by atoms with Gasteiger partial charge in [-0.25, -0.2) is 13.8 Å². The van der Waals surface area contributed by atoms with E-state index in [0.29, 0.717) is 31.3 Å². The Balaban J connectivity index is 1.40. The average Bonchev–Trinajstić information content (AvgIpc) is 2.68. The maximum absolute atomic E-state index is 13.4. The van der Waals surface area contributed by atoms with E-state index in [2.05, 4.69) is 9.88 Å². The second-order valence-electron chi connectivity index (χ2n) is 7.42. The van der Waals surface area contributed by atoms with Crippen molar-refractivity contribution in [1.29, 1.82) is 0 Å². The molecule has 0 atom stereocenters. The fraction of sp³-hybridized carbons (Fsp3) is 0.500. The predicted octanol–water partition coefficient (Wildman–Crippen LogP) is 2.26. The van der Waals surface area contributed by atoms with Crippen molar-refractivity contribution in [3.8, 4) is 0 Å². The molecule has 1 aromatic heterocycles. The van der Waals surface area contributed by atoms with E-state index in [1.165, 1.54) is 12.1 Å². The van der Waals surface area contributed by atoms with Gasteiger partial charge in [0.1, 0.15) is 11.6 Å². The lowest BCUT2D eigenvalue weighted by atomic mass is 9.93. The first-order valence-corrected chi connectivity index (χ1v) is 9.68. The van der Waals surface area contributed by atoms with E-state index < -0.39 is 11.6 Å². The summed E-state index contributed by atoms with van der Waals surface area (Å²) in [6.07, 6.45) is 1.72. The quantitative estimate of drug-likeness (QED) is 0.868. The minimum atomic E-state index is -0.548. The Morgan fingerprint density at radius 2 is 1.71 bits per heavy atom. The number of likely N-dealkylation sites (tertiary alicyclic amines) is 1. The monoisotopic (exact) mass is 390 g/mol. The van der Waals surface area contributed by atoms with Gasteiger partial charge < -0.3 is 9.64 Å². The van der Waals surface area contributed by atoms with Gasteiger partial charge in [0.15, 0.2) is 0 Å². The molecule has 2 aliphatic heterocycles. The number of H-pyrrole nitrogens is 1. The Labute approximate surface area is 162 Å². The summed E-state index contributed by atoms with van der Waals surface area (Å²) in [7, 11) is 0. The standard InChI is InChI=1S/C20H24F2N4O2/c21-16-9-14(10-17(22)11-16)13-25-3-1-15(2-4-25)18-12-19(27)24-20(23-18)26-5-7-28-8-6-26/h9-12,15H,1-8,13H2,(H,23,24,27). The van der Waals surface area contributed by atoms with Crippen molar-refractivity contribution >= 4 is 5.95 Å². The molecule has 6 nitrogen and oxygen atoms in total. The summed E-state index contributed by atoms with van der Waals surface area (Å²) >= 11 is 0. The van der Waals surface area contributed by atoms with Crippen molar-refractivity contribution in [1.82, 2.24) is 14.9 Å². The summed E-state index contributed by atoms with van der Waals surface area (Å²) in [4.78, 5) is 23.9. The van der Waals surface area contributed by atoms with Crippen LogP contribution < -0.4 is 10.5 Å². The number of nitrogens with one attached hydrogen (secondary N) is 1. The second kappa shape index (κ2) is 8.36. The van der Waals surface area contributed by atoms with Gasteiger partial charge in [0.05, 0.1) is 18.9 Å². The number of aromatic nitrogens is 2. The van der Waals surface area contributed by atoms with E-state index in [9.17, 15) is 13.6 Å². The smallest absolute Gasteiger partial charge is 0.252 e. The van der Waals surface area contributed by atoms with Crippen molar-refractivity contribution in [3.05, 3.63) is 57.5 Å². The van der Waals surface area contributed by atoms with Gasteiger partial charge >= 0.3 is 0 Å². The van der Waals surface area contributed by atoms with Crippen molar-refractivity contribution in [2.75, 3.05) is 44.3 Å². The number of anilines is 1. The molecule has 2 fully saturated rings. The number of aromatic amines is 1. The largest absolute Gasteiger partial charge is 0.378 e. The number of ether oxygens (including phenoxy) is 1. The van der Waals surface area contributed by atoms with Crippen LogP contribution in [0.25, 0.3) is 0 Å². The van der Waals surface area contributed by atoms with Crippen molar-refractivity contribution in [2.24, 2.45) is 0 Å². The maximum Gasteiger partial charge on any atom is 0.252 e. The van der Waals surface area contributed by atoms with Crippen LogP contribution in [0.1, 0.15) is 30.0 Å². The van der Waals surface area contributed by atoms with Gasteiger partial charge in [-0.1, -0.05) is 0 Å². The van der Waals surface area contributed by atoms with Gasteiger partial charge in [-0.15, -0.1) is 0 Å². The zero-order chi connectivity index (χ0) is 19.5. The Morgan fingerprint density at radius 3 is 2.39 bits per heavy atom. The molecule has 1 aromatic carbocycles. The number of nitrogens with zero attached hydrogens (tertiary/aromatic N) is 3. The Bertz CT molecular complexity index is 854. The average molecular weight is 390 g/mol. The number of rotatable bonds is 4. The zero-order valence-electron chi connectivity index (χ0n) is 15.7. The molecule has 2 aliphatic rings. The van der Waals surface area contributed by atoms with Crippen molar-refractivity contribution < 1.29 is 13.5 Å². The van der Waals surface area contributed by atoms with Gasteiger partial charge in [-0.3, -0.25) is 14.7 Å². The van der Waals surface area contributed by atoms with E-state index in [1.54, 1.807) is 6.07 Å². The zero-order valence-corrected chi connectivity index (χ0v) is 15.7. The van der Waals surface area contributed by atoms with E-state index in [-0.39, 0.29) is 11.5 Å². The van der Waals surface area contributed by atoms with E-state index in [1.807, 2.05) is 4.90 Å². The Hall–Kier alpha value is -2.32. The van der Waals surface area contributed by atoms with Gasteiger partial charge in [-0.05, 0) is 43.6 Å². The molecule has 2 saturated heterocycles. The summed E-state index contributed by atoms with van der Waals surface area (Å²) in [6.45, 7) is 4.81. The third-order valence-corrected chi connectivity index (χ3v) is 5.39. The van der Waals surface area contributed by atoms with Crippen LogP contribution in [-0.2, 0) is 11.3 Å². The van der Waals surface area contributed by atoms with Crippen LogP contribution in [0, 0.1) is 11.6 Å². The lowest BCUT2D eigenvalue weighted by molar-refractivity contribution is 0.122. The normalized spacial score (nSPS) is 19.1. The molecule has 0 aliphatic carbocycles. The highest BCUT2D eigenvalue weighted by atomic mass is 19.1. The summed E-state index contributed by atoms with van der Waals surface area (Å²) in [6, 6.07) is 5.23. The van der Waals surface area contributed by atoms with Crippen molar-refractivity contribution in [2.45, 2.75) is 25.3 Å². The fourth-order valence-corrected chi connectivity index (χ4v) is 3.94. The highest BCUT2D eigenvalue weighted by molar-refractivity contribution is 5.31. The van der Waals surface area contributed by atoms with Crippen molar-refractivity contribution in [3.63, 3.8) is 0 Å². The minimum absolute atomic E-state index is 0.135. The molecular formula is C20H24F2N4O2. The Kier molecular flexibility index (Phi) is 5.68. The van der Waals surface area contributed by atoms with Gasteiger partial charge in [-0.2, -0.15) is 0 Å². The Morgan fingerprint density at radius 1 is 1.04 bits per heavy atom. The molecule has 4 rings (SSSR count). The maximum atomic E-state index is 13.4. The molecule has 2 aromatic rings. The summed E-state index contributed by atoms with van der Waals surface area (Å²) in [5.41, 5.74) is 1.32. The molecule has 0 saturated carbocycles. The molecule has 0 bridgehead atoms. The van der Waals surface area contributed by atoms with Gasteiger partial charge in [0.25, 0.3) is 5.56 Å². The van der Waals surface area contributed by atoms with Crippen LogP contribution in [0.3, 0.4) is 0 Å². The first-order valence-electron chi connectivity index (χ1n) is 9.68. The van der Waals surface area contributed by atoms with Crippen LogP contribution in [-0.4, -0.2) is 54.3 Å². The molecule has 28 heavy (non-hydrogen) atoms. The second-order valence-corrected chi connectivity index (χ2v) is 7.42. The highest BCUT2D eigenvalue weighted by Crippen LogP contribution is 2.28. The molecule has 0 radical (unpaired) electrons. The van der Waals surface area contributed by atoms with Crippen LogP contribution in [0.5, 0.6) is 0 Å². The first kappa shape index (κ1) is 19.0. The third kappa shape index (κ3) is 4.56. The number of halogens is 2. The number of hydrogen-bond acceptors (Lipinski definition) is 5.